The summed E-state index contributed by atoms with van der Waals surface area (Å²) in [7, 11) is 0. The van der Waals surface area contributed by atoms with Crippen molar-refractivity contribution in [2.24, 2.45) is 0 Å². The zero-order chi connectivity index (χ0) is 17.7. The van der Waals surface area contributed by atoms with Gasteiger partial charge < -0.3 is 5.11 Å². The fourth-order valence-corrected chi connectivity index (χ4v) is 3.44. The highest BCUT2D eigenvalue weighted by molar-refractivity contribution is 7.80. The van der Waals surface area contributed by atoms with Crippen LogP contribution in [0.1, 0.15) is 122 Å². The third kappa shape index (κ3) is 21.8. The van der Waals surface area contributed by atoms with Crippen LogP contribution in [0, 0.1) is 0 Å². The second kappa shape index (κ2) is 20.9. The van der Waals surface area contributed by atoms with Crippen LogP contribution in [0.5, 0.6) is 0 Å². The number of hydrogen-bond donors (Lipinski definition) is 2. The first-order chi connectivity index (χ1) is 11.8. The minimum Gasteiger partial charge on any atom is -0.481 e. The maximum atomic E-state index is 10.4. The summed E-state index contributed by atoms with van der Waals surface area (Å²) < 4.78 is 0. The van der Waals surface area contributed by atoms with Crippen molar-refractivity contribution in [2.75, 3.05) is 5.75 Å². The molecule has 0 aromatic heterocycles. The molecule has 0 amide bonds. The van der Waals surface area contributed by atoms with E-state index in [2.05, 4.69) is 12.6 Å². The Balaban J connectivity index is 2.97. The molecule has 144 valence electrons. The number of rotatable bonds is 20. The lowest BCUT2D eigenvalue weighted by Crippen LogP contribution is -1.93. The fraction of sp³-hybridized carbons (Fsp3) is 0.952. The van der Waals surface area contributed by atoms with Crippen molar-refractivity contribution in [3.05, 3.63) is 0 Å². The summed E-state index contributed by atoms with van der Waals surface area (Å²) in [4.78, 5) is 10.4. The van der Waals surface area contributed by atoms with Crippen molar-refractivity contribution in [1.82, 2.24) is 0 Å². The lowest BCUT2D eigenvalue weighted by Gasteiger charge is -2.03. The van der Waals surface area contributed by atoms with Gasteiger partial charge in [0.05, 0.1) is 0 Å². The Morgan fingerprint density at radius 2 is 0.750 bits per heavy atom. The molecular weight excluding hydrogens is 316 g/mol. The van der Waals surface area contributed by atoms with Crippen LogP contribution < -0.4 is 0 Å². The van der Waals surface area contributed by atoms with E-state index in [4.69, 9.17) is 5.11 Å². The molecule has 0 spiro atoms. The minimum atomic E-state index is -0.653. The third-order valence-corrected chi connectivity index (χ3v) is 5.11. The van der Waals surface area contributed by atoms with Crippen molar-refractivity contribution in [1.29, 1.82) is 0 Å². The van der Waals surface area contributed by atoms with Gasteiger partial charge in [-0.25, -0.2) is 0 Å². The molecule has 3 heteroatoms. The summed E-state index contributed by atoms with van der Waals surface area (Å²) in [6, 6.07) is 0. The van der Waals surface area contributed by atoms with E-state index in [1.807, 2.05) is 0 Å². The average molecular weight is 359 g/mol. The Hall–Kier alpha value is -0.180. The highest BCUT2D eigenvalue weighted by atomic mass is 32.1. The van der Waals surface area contributed by atoms with Crippen molar-refractivity contribution in [2.45, 2.75) is 122 Å². The Bertz CT molecular complexity index is 256. The van der Waals surface area contributed by atoms with Gasteiger partial charge in [0.25, 0.3) is 0 Å². The molecule has 0 bridgehead atoms. The third-order valence-electron chi connectivity index (χ3n) is 4.80. The molecular formula is C21H42O2S. The van der Waals surface area contributed by atoms with Gasteiger partial charge >= 0.3 is 5.97 Å². The SMILES string of the molecule is O=C(O)CCCCCCCCCCCCCCCCCCCCS. The maximum Gasteiger partial charge on any atom is 0.303 e. The van der Waals surface area contributed by atoms with E-state index in [0.717, 1.165) is 18.6 Å². The molecule has 1 N–H and O–H groups in total. The Kier molecular flexibility index (Phi) is 20.7. The number of hydrogen-bond acceptors (Lipinski definition) is 2. The second-order valence-corrected chi connectivity index (χ2v) is 7.68. The van der Waals surface area contributed by atoms with Crippen LogP contribution in [0.15, 0.2) is 0 Å². The summed E-state index contributed by atoms with van der Waals surface area (Å²) in [5.74, 6) is 0.395. The molecule has 0 aliphatic heterocycles. The lowest BCUT2D eigenvalue weighted by atomic mass is 10.0. The highest BCUT2D eigenvalue weighted by Crippen LogP contribution is 2.14. The van der Waals surface area contributed by atoms with E-state index in [-0.39, 0.29) is 0 Å². The van der Waals surface area contributed by atoms with E-state index in [1.54, 1.807) is 0 Å². The molecule has 0 unspecified atom stereocenters. The maximum absolute atomic E-state index is 10.4. The number of carbonyl (C=O) groups is 1. The fourth-order valence-electron chi connectivity index (χ4n) is 3.22. The first kappa shape index (κ1) is 23.8. The van der Waals surface area contributed by atoms with Crippen molar-refractivity contribution in [3.8, 4) is 0 Å². The molecule has 0 fully saturated rings. The van der Waals surface area contributed by atoms with E-state index < -0.39 is 5.97 Å². The molecule has 0 aliphatic rings. The first-order valence-electron chi connectivity index (χ1n) is 10.6. The standard InChI is InChI=1S/C21H42O2S/c22-21(23)19-17-15-13-11-9-7-5-3-1-2-4-6-8-10-12-14-16-18-20-24/h24H,1-20H2,(H,22,23). The lowest BCUT2D eigenvalue weighted by molar-refractivity contribution is -0.137. The van der Waals surface area contributed by atoms with Gasteiger partial charge in [0.1, 0.15) is 0 Å². The molecule has 0 saturated carbocycles. The number of unbranched alkanes of at least 4 members (excludes halogenated alkanes) is 17. The average Bonchev–Trinajstić information content (AvgIpc) is 2.56. The van der Waals surface area contributed by atoms with Gasteiger partial charge in [-0.2, -0.15) is 12.6 Å². The van der Waals surface area contributed by atoms with Crippen molar-refractivity contribution >= 4 is 18.6 Å². The molecule has 0 rings (SSSR count). The molecule has 24 heavy (non-hydrogen) atoms. The number of carboxylic acid groups (broad SMARTS) is 1. The Morgan fingerprint density at radius 3 is 1.00 bits per heavy atom. The largest absolute Gasteiger partial charge is 0.481 e. The van der Waals surface area contributed by atoms with E-state index in [1.165, 1.54) is 103 Å². The van der Waals surface area contributed by atoms with Gasteiger partial charge in [-0.3, -0.25) is 4.79 Å². The number of aliphatic carboxylic acids is 1. The molecule has 2 nitrogen and oxygen atoms in total. The number of carboxylic acids is 1. The van der Waals surface area contributed by atoms with Crippen LogP contribution in [0.3, 0.4) is 0 Å². The summed E-state index contributed by atoms with van der Waals surface area (Å²) in [5.41, 5.74) is 0. The summed E-state index contributed by atoms with van der Waals surface area (Å²) in [6.07, 6.45) is 24.3. The van der Waals surface area contributed by atoms with Gasteiger partial charge in [-0.1, -0.05) is 103 Å². The van der Waals surface area contributed by atoms with Crippen LogP contribution in [0.25, 0.3) is 0 Å². The normalized spacial score (nSPS) is 11.0. The predicted octanol–water partition coefficient (Wildman–Crippen LogP) is 7.41. The minimum absolute atomic E-state index is 0.343. The van der Waals surface area contributed by atoms with Gasteiger partial charge in [-0.15, -0.1) is 0 Å². The van der Waals surface area contributed by atoms with E-state index in [9.17, 15) is 4.79 Å². The summed E-state index contributed by atoms with van der Waals surface area (Å²) in [6.45, 7) is 0. The van der Waals surface area contributed by atoms with Gasteiger partial charge in [-0.05, 0) is 18.6 Å². The van der Waals surface area contributed by atoms with Crippen LogP contribution in [0.2, 0.25) is 0 Å². The van der Waals surface area contributed by atoms with Crippen LogP contribution in [-0.4, -0.2) is 16.8 Å². The monoisotopic (exact) mass is 358 g/mol. The Morgan fingerprint density at radius 1 is 0.500 bits per heavy atom. The van der Waals surface area contributed by atoms with Gasteiger partial charge in [0, 0.05) is 6.42 Å². The van der Waals surface area contributed by atoms with Gasteiger partial charge in [0.2, 0.25) is 0 Å². The predicted molar refractivity (Wildman–Crippen MR) is 109 cm³/mol. The van der Waals surface area contributed by atoms with E-state index >= 15 is 0 Å². The van der Waals surface area contributed by atoms with Gasteiger partial charge in [0.15, 0.2) is 0 Å². The van der Waals surface area contributed by atoms with Crippen LogP contribution in [-0.2, 0) is 4.79 Å². The molecule has 0 aromatic rings. The molecule has 0 heterocycles. The zero-order valence-electron chi connectivity index (χ0n) is 15.9. The first-order valence-corrected chi connectivity index (χ1v) is 11.2. The molecule has 0 saturated heterocycles. The summed E-state index contributed by atoms with van der Waals surface area (Å²) >= 11 is 4.24. The smallest absolute Gasteiger partial charge is 0.303 e. The van der Waals surface area contributed by atoms with Crippen molar-refractivity contribution in [3.63, 3.8) is 0 Å². The van der Waals surface area contributed by atoms with Crippen molar-refractivity contribution < 1.29 is 9.90 Å². The molecule has 0 radical (unpaired) electrons. The topological polar surface area (TPSA) is 37.3 Å². The van der Waals surface area contributed by atoms with Crippen LogP contribution >= 0.6 is 12.6 Å². The second-order valence-electron chi connectivity index (χ2n) is 7.23. The summed E-state index contributed by atoms with van der Waals surface area (Å²) in [5, 5.41) is 8.55. The zero-order valence-corrected chi connectivity index (χ0v) is 16.8. The molecule has 0 aliphatic carbocycles. The molecule has 0 atom stereocenters. The number of thiol groups is 1. The quantitative estimate of drug-likeness (QED) is 0.175. The van der Waals surface area contributed by atoms with Crippen LogP contribution in [0.4, 0.5) is 0 Å². The molecule has 0 aromatic carbocycles. The van der Waals surface area contributed by atoms with E-state index in [0.29, 0.717) is 6.42 Å². The highest BCUT2D eigenvalue weighted by Gasteiger charge is 1.97. The Labute approximate surface area is 156 Å².